The van der Waals surface area contributed by atoms with Gasteiger partial charge in [-0.25, -0.2) is 4.79 Å². The van der Waals surface area contributed by atoms with Crippen LogP contribution in [-0.2, 0) is 4.74 Å². The minimum absolute atomic E-state index is 0.106. The van der Waals surface area contributed by atoms with Gasteiger partial charge < -0.3 is 25.4 Å². The largest absolute Gasteiger partial charge is 0.389 e. The number of aliphatic hydroxyl groups is 1. The smallest absolute Gasteiger partial charge is 0.316 e. The third kappa shape index (κ3) is 7.47. The van der Waals surface area contributed by atoms with Crippen molar-refractivity contribution in [3.8, 4) is 0 Å². The van der Waals surface area contributed by atoms with Crippen molar-refractivity contribution >= 4 is 6.03 Å². The van der Waals surface area contributed by atoms with Gasteiger partial charge in [-0.05, 0) is 18.8 Å². The zero-order valence-electron chi connectivity index (χ0n) is 11.3. The van der Waals surface area contributed by atoms with Gasteiger partial charge in [-0.2, -0.15) is 0 Å². The molecule has 1 atom stereocenters. The number of carbonyl (C=O) groups excluding carboxylic acids is 1. The average molecular weight is 259 g/mol. The molecule has 0 radical (unpaired) electrons. The van der Waals surface area contributed by atoms with Crippen LogP contribution in [0.2, 0.25) is 0 Å². The van der Waals surface area contributed by atoms with Crippen LogP contribution in [0.1, 0.15) is 12.8 Å². The lowest BCUT2D eigenvalue weighted by Crippen LogP contribution is -2.40. The summed E-state index contributed by atoms with van der Waals surface area (Å²) >= 11 is 0. The second-order valence-electron chi connectivity index (χ2n) is 4.97. The summed E-state index contributed by atoms with van der Waals surface area (Å²) in [6.07, 6.45) is 2.05. The predicted octanol–water partition coefficient (Wildman–Crippen LogP) is -0.365. The van der Waals surface area contributed by atoms with E-state index in [0.29, 0.717) is 26.2 Å². The quantitative estimate of drug-likeness (QED) is 0.494. The zero-order valence-corrected chi connectivity index (χ0v) is 11.3. The fraction of sp³-hybridized carbons (Fsp3) is 0.917. The standard InChI is InChI=1S/C12H25N3O3/c1-15(2)12(17)14-6-5-13-7-11(16)9-18-8-10-3-4-10/h10-11,13,16H,3-9H2,1-2H3,(H,14,17). The van der Waals surface area contributed by atoms with Crippen molar-refractivity contribution in [1.29, 1.82) is 0 Å². The Bertz CT molecular complexity index is 245. The summed E-state index contributed by atoms with van der Waals surface area (Å²) in [7, 11) is 3.40. The molecule has 1 fully saturated rings. The lowest BCUT2D eigenvalue weighted by atomic mass is 10.3. The van der Waals surface area contributed by atoms with Crippen LogP contribution in [0.25, 0.3) is 0 Å². The minimum atomic E-state index is -0.478. The third-order valence-corrected chi connectivity index (χ3v) is 2.72. The Labute approximate surface area is 109 Å². The first kappa shape index (κ1) is 15.2. The molecule has 1 saturated carbocycles. The first-order valence-electron chi connectivity index (χ1n) is 6.51. The van der Waals surface area contributed by atoms with E-state index in [9.17, 15) is 9.90 Å². The van der Waals surface area contributed by atoms with E-state index in [1.54, 1.807) is 14.1 Å². The Morgan fingerprint density at radius 3 is 2.78 bits per heavy atom. The van der Waals surface area contributed by atoms with Crippen LogP contribution in [0.5, 0.6) is 0 Å². The van der Waals surface area contributed by atoms with Gasteiger partial charge in [0.05, 0.1) is 12.7 Å². The molecule has 0 spiro atoms. The number of rotatable bonds is 9. The maximum Gasteiger partial charge on any atom is 0.316 e. The van der Waals surface area contributed by atoms with Crippen LogP contribution in [-0.4, -0.2) is 69.1 Å². The molecule has 2 amide bonds. The number of amides is 2. The van der Waals surface area contributed by atoms with Crippen LogP contribution < -0.4 is 10.6 Å². The van der Waals surface area contributed by atoms with Crippen molar-refractivity contribution in [1.82, 2.24) is 15.5 Å². The second-order valence-corrected chi connectivity index (χ2v) is 4.97. The molecule has 1 unspecified atom stereocenters. The number of aliphatic hydroxyl groups excluding tert-OH is 1. The molecule has 1 aliphatic rings. The zero-order chi connectivity index (χ0) is 13.4. The molecule has 0 heterocycles. The Balaban J connectivity index is 1.85. The highest BCUT2D eigenvalue weighted by atomic mass is 16.5. The van der Waals surface area contributed by atoms with Crippen molar-refractivity contribution in [2.75, 3.05) is 46.9 Å². The fourth-order valence-electron chi connectivity index (χ4n) is 1.40. The molecule has 3 N–H and O–H groups in total. The molecule has 0 aliphatic heterocycles. The lowest BCUT2D eigenvalue weighted by Gasteiger charge is -2.14. The summed E-state index contributed by atoms with van der Waals surface area (Å²) in [5, 5.41) is 15.4. The molecule has 0 aromatic heterocycles. The number of hydrogen-bond acceptors (Lipinski definition) is 4. The summed E-state index contributed by atoms with van der Waals surface area (Å²) in [6.45, 7) is 2.83. The SMILES string of the molecule is CN(C)C(=O)NCCNCC(O)COCC1CC1. The number of nitrogens with zero attached hydrogens (tertiary/aromatic N) is 1. The van der Waals surface area contributed by atoms with Crippen molar-refractivity contribution in [2.45, 2.75) is 18.9 Å². The topological polar surface area (TPSA) is 73.8 Å². The van der Waals surface area contributed by atoms with Crippen molar-refractivity contribution < 1.29 is 14.6 Å². The van der Waals surface area contributed by atoms with Gasteiger partial charge in [0, 0.05) is 40.3 Å². The molecule has 0 saturated heterocycles. The molecule has 18 heavy (non-hydrogen) atoms. The maximum absolute atomic E-state index is 11.2. The number of carbonyl (C=O) groups is 1. The van der Waals surface area contributed by atoms with E-state index in [0.717, 1.165) is 12.5 Å². The summed E-state index contributed by atoms with van der Waals surface area (Å²) in [5.74, 6) is 0.728. The van der Waals surface area contributed by atoms with E-state index in [-0.39, 0.29) is 6.03 Å². The normalized spacial score (nSPS) is 16.4. The first-order chi connectivity index (χ1) is 8.59. The van der Waals surface area contributed by atoms with Gasteiger partial charge in [0.2, 0.25) is 0 Å². The van der Waals surface area contributed by atoms with Gasteiger partial charge in [-0.1, -0.05) is 0 Å². The monoisotopic (exact) mass is 259 g/mol. The second kappa shape index (κ2) is 8.29. The van der Waals surface area contributed by atoms with Crippen LogP contribution in [0.4, 0.5) is 4.79 Å². The highest BCUT2D eigenvalue weighted by Crippen LogP contribution is 2.28. The van der Waals surface area contributed by atoms with E-state index < -0.39 is 6.10 Å². The predicted molar refractivity (Wildman–Crippen MR) is 69.5 cm³/mol. The molecular weight excluding hydrogens is 234 g/mol. The molecular formula is C12H25N3O3. The van der Waals surface area contributed by atoms with E-state index in [4.69, 9.17) is 4.74 Å². The summed E-state index contributed by atoms with van der Waals surface area (Å²) < 4.78 is 5.38. The van der Waals surface area contributed by atoms with Gasteiger partial charge in [0.15, 0.2) is 0 Å². The van der Waals surface area contributed by atoms with Crippen molar-refractivity contribution in [3.63, 3.8) is 0 Å². The molecule has 0 aromatic carbocycles. The Kier molecular flexibility index (Phi) is 7.00. The number of urea groups is 1. The number of hydrogen-bond donors (Lipinski definition) is 3. The molecule has 1 aliphatic carbocycles. The fourth-order valence-corrected chi connectivity index (χ4v) is 1.40. The molecule has 0 bridgehead atoms. The Morgan fingerprint density at radius 2 is 2.17 bits per heavy atom. The van der Waals surface area contributed by atoms with Gasteiger partial charge in [-0.15, -0.1) is 0 Å². The van der Waals surface area contributed by atoms with Crippen LogP contribution in [0, 0.1) is 5.92 Å². The van der Waals surface area contributed by atoms with Gasteiger partial charge in [0.25, 0.3) is 0 Å². The van der Waals surface area contributed by atoms with Crippen molar-refractivity contribution in [2.24, 2.45) is 5.92 Å². The molecule has 6 heteroatoms. The van der Waals surface area contributed by atoms with E-state index in [1.165, 1.54) is 17.7 Å². The van der Waals surface area contributed by atoms with Gasteiger partial charge in [-0.3, -0.25) is 0 Å². The van der Waals surface area contributed by atoms with Gasteiger partial charge >= 0.3 is 6.03 Å². The van der Waals surface area contributed by atoms with Crippen LogP contribution in [0.3, 0.4) is 0 Å². The summed E-state index contributed by atoms with van der Waals surface area (Å²) in [5.41, 5.74) is 0. The van der Waals surface area contributed by atoms with Crippen molar-refractivity contribution in [3.05, 3.63) is 0 Å². The van der Waals surface area contributed by atoms with Crippen LogP contribution in [0.15, 0.2) is 0 Å². The number of ether oxygens (including phenoxy) is 1. The third-order valence-electron chi connectivity index (χ3n) is 2.72. The highest BCUT2D eigenvalue weighted by Gasteiger charge is 2.21. The molecule has 1 rings (SSSR count). The molecule has 0 aromatic rings. The maximum atomic E-state index is 11.2. The molecule has 6 nitrogen and oxygen atoms in total. The lowest BCUT2D eigenvalue weighted by molar-refractivity contribution is 0.0327. The van der Waals surface area contributed by atoms with Crippen LogP contribution >= 0.6 is 0 Å². The summed E-state index contributed by atoms with van der Waals surface area (Å²) in [6, 6.07) is -0.106. The highest BCUT2D eigenvalue weighted by molar-refractivity contribution is 5.73. The van der Waals surface area contributed by atoms with E-state index in [1.807, 2.05) is 0 Å². The van der Waals surface area contributed by atoms with E-state index >= 15 is 0 Å². The molecule has 106 valence electrons. The summed E-state index contributed by atoms with van der Waals surface area (Å²) in [4.78, 5) is 12.7. The number of nitrogens with one attached hydrogen (secondary N) is 2. The Morgan fingerprint density at radius 1 is 1.44 bits per heavy atom. The van der Waals surface area contributed by atoms with E-state index in [2.05, 4.69) is 10.6 Å². The Hall–Kier alpha value is -0.850. The van der Waals surface area contributed by atoms with Gasteiger partial charge in [0.1, 0.15) is 0 Å². The minimum Gasteiger partial charge on any atom is -0.389 e. The average Bonchev–Trinajstić information content (AvgIpc) is 3.12. The first-order valence-corrected chi connectivity index (χ1v) is 6.51.